The van der Waals surface area contributed by atoms with Gasteiger partial charge in [0.2, 0.25) is 5.91 Å². The topological polar surface area (TPSA) is 59.0 Å². The second-order valence-corrected chi connectivity index (χ2v) is 6.82. The van der Waals surface area contributed by atoms with Gasteiger partial charge in [0.1, 0.15) is 5.37 Å². The Morgan fingerprint density at radius 2 is 1.88 bits per heavy atom. The molecule has 1 aliphatic rings. The fourth-order valence-corrected chi connectivity index (χ4v) is 4.09. The normalized spacial score (nSPS) is 18.3. The number of aliphatic hydroxyl groups excluding tert-OH is 1. The minimum atomic E-state index is -0.716. The van der Waals surface area contributed by atoms with Crippen LogP contribution in [0.2, 0.25) is 0 Å². The van der Waals surface area contributed by atoms with Crippen LogP contribution in [0.15, 0.2) is 48.5 Å². The summed E-state index contributed by atoms with van der Waals surface area (Å²) in [6.07, 6.45) is -0.716. The van der Waals surface area contributed by atoms with Gasteiger partial charge in [-0.15, -0.1) is 11.8 Å². The van der Waals surface area contributed by atoms with Crippen molar-refractivity contribution in [3.63, 3.8) is 0 Å². The predicted octanol–water partition coefficient (Wildman–Crippen LogP) is 3.01. The predicted molar refractivity (Wildman–Crippen MR) is 97.9 cm³/mol. The molecule has 0 spiro atoms. The molecule has 2 atom stereocenters. The lowest BCUT2D eigenvalue weighted by Crippen LogP contribution is -2.32. The third kappa shape index (κ3) is 3.75. The molecule has 2 aromatic carbocycles. The van der Waals surface area contributed by atoms with Gasteiger partial charge in [0, 0.05) is 0 Å². The molecule has 0 radical (unpaired) electrons. The Hall–Kier alpha value is -2.18. The maximum atomic E-state index is 12.3. The first-order valence-electron chi connectivity index (χ1n) is 8.00. The smallest absolute Gasteiger partial charge is 0.233 e. The van der Waals surface area contributed by atoms with Crippen LogP contribution in [0, 0.1) is 0 Å². The van der Waals surface area contributed by atoms with E-state index in [-0.39, 0.29) is 17.8 Å². The van der Waals surface area contributed by atoms with Crippen molar-refractivity contribution in [1.29, 1.82) is 0 Å². The van der Waals surface area contributed by atoms with E-state index < -0.39 is 6.10 Å². The number of β-amino-alcohol motifs (C(OH)–C–C–N with tert-alkyl or cyclic N) is 1. The highest BCUT2D eigenvalue weighted by Crippen LogP contribution is 2.42. The molecule has 1 N–H and O–H groups in total. The number of hydrogen-bond acceptors (Lipinski definition) is 5. The molecular formula is C19H21NO4S. The molecule has 132 valence electrons. The van der Waals surface area contributed by atoms with Gasteiger partial charge in [-0.25, -0.2) is 0 Å². The Morgan fingerprint density at radius 3 is 2.56 bits per heavy atom. The van der Waals surface area contributed by atoms with Crippen LogP contribution in [0.5, 0.6) is 11.5 Å². The quantitative estimate of drug-likeness (QED) is 0.859. The van der Waals surface area contributed by atoms with Crippen LogP contribution in [-0.4, -0.2) is 42.4 Å². The number of benzene rings is 2. The zero-order chi connectivity index (χ0) is 17.8. The molecule has 6 heteroatoms. The van der Waals surface area contributed by atoms with Gasteiger partial charge in [0.15, 0.2) is 11.5 Å². The molecule has 0 bridgehead atoms. The van der Waals surface area contributed by atoms with Crippen LogP contribution in [0.1, 0.15) is 22.6 Å². The molecule has 2 aromatic rings. The average Bonchev–Trinajstić information content (AvgIpc) is 3.02. The molecule has 0 aromatic heterocycles. The van der Waals surface area contributed by atoms with Crippen molar-refractivity contribution in [2.75, 3.05) is 26.5 Å². The third-order valence-corrected chi connectivity index (χ3v) is 5.47. The van der Waals surface area contributed by atoms with Gasteiger partial charge in [-0.2, -0.15) is 0 Å². The van der Waals surface area contributed by atoms with Gasteiger partial charge in [0.05, 0.1) is 32.6 Å². The SMILES string of the molecule is COc1ccc([C@@H]2SCC(=O)N2C[C@H](O)c2ccccc2)cc1OC. The van der Waals surface area contributed by atoms with Crippen molar-refractivity contribution in [3.8, 4) is 11.5 Å². The Labute approximate surface area is 151 Å². The number of carbonyl (C=O) groups is 1. The van der Waals surface area contributed by atoms with E-state index in [1.54, 1.807) is 30.9 Å². The van der Waals surface area contributed by atoms with Crippen LogP contribution in [0.4, 0.5) is 0 Å². The fraction of sp³-hybridized carbons (Fsp3) is 0.316. The van der Waals surface area contributed by atoms with Crippen molar-refractivity contribution >= 4 is 17.7 Å². The van der Waals surface area contributed by atoms with Gasteiger partial charge in [-0.1, -0.05) is 36.4 Å². The Kier molecular flexibility index (Phi) is 5.50. The van der Waals surface area contributed by atoms with Crippen molar-refractivity contribution < 1.29 is 19.4 Å². The Balaban J connectivity index is 1.82. The molecule has 5 nitrogen and oxygen atoms in total. The van der Waals surface area contributed by atoms with E-state index in [0.29, 0.717) is 17.3 Å². The summed E-state index contributed by atoms with van der Waals surface area (Å²) in [5.74, 6) is 1.71. The van der Waals surface area contributed by atoms with Crippen molar-refractivity contribution in [3.05, 3.63) is 59.7 Å². The van der Waals surface area contributed by atoms with Gasteiger partial charge in [-0.05, 0) is 23.3 Å². The molecule has 1 fully saturated rings. The first-order valence-corrected chi connectivity index (χ1v) is 9.05. The molecular weight excluding hydrogens is 338 g/mol. The summed E-state index contributed by atoms with van der Waals surface area (Å²) >= 11 is 1.55. The van der Waals surface area contributed by atoms with E-state index in [2.05, 4.69) is 0 Å². The number of methoxy groups -OCH3 is 2. The van der Waals surface area contributed by atoms with Crippen molar-refractivity contribution in [1.82, 2.24) is 4.90 Å². The number of hydrogen-bond donors (Lipinski definition) is 1. The lowest BCUT2D eigenvalue weighted by atomic mass is 10.1. The molecule has 0 aliphatic carbocycles. The molecule has 1 heterocycles. The van der Waals surface area contributed by atoms with Crippen LogP contribution < -0.4 is 9.47 Å². The number of carbonyl (C=O) groups excluding carboxylic acids is 1. The van der Waals surface area contributed by atoms with Gasteiger partial charge in [0.25, 0.3) is 0 Å². The lowest BCUT2D eigenvalue weighted by Gasteiger charge is -2.27. The summed E-state index contributed by atoms with van der Waals surface area (Å²) in [5.41, 5.74) is 1.76. The van der Waals surface area contributed by atoms with E-state index >= 15 is 0 Å². The second-order valence-electron chi connectivity index (χ2n) is 5.75. The first-order chi connectivity index (χ1) is 12.1. The number of aliphatic hydroxyl groups is 1. The minimum Gasteiger partial charge on any atom is -0.493 e. The zero-order valence-corrected chi connectivity index (χ0v) is 15.0. The Morgan fingerprint density at radius 1 is 1.16 bits per heavy atom. The number of ether oxygens (including phenoxy) is 2. The number of thioether (sulfide) groups is 1. The highest BCUT2D eigenvalue weighted by Gasteiger charge is 2.34. The Bertz CT molecular complexity index is 737. The van der Waals surface area contributed by atoms with Crippen molar-refractivity contribution in [2.24, 2.45) is 0 Å². The van der Waals surface area contributed by atoms with E-state index in [1.807, 2.05) is 48.5 Å². The van der Waals surface area contributed by atoms with Crippen LogP contribution >= 0.6 is 11.8 Å². The van der Waals surface area contributed by atoms with Gasteiger partial charge < -0.3 is 19.5 Å². The maximum absolute atomic E-state index is 12.3. The first kappa shape index (κ1) is 17.6. The fourth-order valence-electron chi connectivity index (χ4n) is 2.90. The third-order valence-electron chi connectivity index (χ3n) is 4.21. The van der Waals surface area contributed by atoms with E-state index in [9.17, 15) is 9.90 Å². The van der Waals surface area contributed by atoms with Crippen LogP contribution in [-0.2, 0) is 4.79 Å². The standard InChI is InChI=1S/C19H21NO4S/c1-23-16-9-8-14(10-17(16)24-2)19-20(18(22)12-25-19)11-15(21)13-6-4-3-5-7-13/h3-10,15,19,21H,11-12H2,1-2H3/t15-,19-/m0/s1. The minimum absolute atomic E-state index is 0.0276. The van der Waals surface area contributed by atoms with E-state index in [4.69, 9.17) is 9.47 Å². The zero-order valence-electron chi connectivity index (χ0n) is 14.2. The van der Waals surface area contributed by atoms with Gasteiger partial charge >= 0.3 is 0 Å². The van der Waals surface area contributed by atoms with E-state index in [1.165, 1.54) is 0 Å². The van der Waals surface area contributed by atoms with Crippen LogP contribution in [0.3, 0.4) is 0 Å². The summed E-state index contributed by atoms with van der Waals surface area (Å²) in [6, 6.07) is 15.0. The number of rotatable bonds is 6. The number of nitrogens with zero attached hydrogens (tertiary/aromatic N) is 1. The monoisotopic (exact) mass is 359 g/mol. The average molecular weight is 359 g/mol. The molecule has 25 heavy (non-hydrogen) atoms. The van der Waals surface area contributed by atoms with E-state index in [0.717, 1.165) is 11.1 Å². The molecule has 1 amide bonds. The molecule has 0 unspecified atom stereocenters. The summed E-state index contributed by atoms with van der Waals surface area (Å²) in [4.78, 5) is 14.1. The molecule has 0 saturated carbocycles. The highest BCUT2D eigenvalue weighted by molar-refractivity contribution is 8.00. The highest BCUT2D eigenvalue weighted by atomic mass is 32.2. The van der Waals surface area contributed by atoms with Crippen molar-refractivity contribution in [2.45, 2.75) is 11.5 Å². The summed E-state index contributed by atoms with van der Waals surface area (Å²) in [7, 11) is 3.18. The maximum Gasteiger partial charge on any atom is 0.233 e. The molecule has 1 aliphatic heterocycles. The lowest BCUT2D eigenvalue weighted by molar-refractivity contribution is -0.129. The largest absolute Gasteiger partial charge is 0.493 e. The van der Waals surface area contributed by atoms with Gasteiger partial charge in [-0.3, -0.25) is 4.79 Å². The second kappa shape index (κ2) is 7.80. The summed E-state index contributed by atoms with van der Waals surface area (Å²) in [5, 5.41) is 10.4. The summed E-state index contributed by atoms with van der Waals surface area (Å²) < 4.78 is 10.6. The van der Waals surface area contributed by atoms with Crippen LogP contribution in [0.25, 0.3) is 0 Å². The molecule has 1 saturated heterocycles. The number of amides is 1. The summed E-state index contributed by atoms with van der Waals surface area (Å²) in [6.45, 7) is 0.259. The molecule has 3 rings (SSSR count).